The molecule has 3 rings (SSSR count). The predicted octanol–water partition coefficient (Wildman–Crippen LogP) is 2.00. The van der Waals surface area contributed by atoms with E-state index in [9.17, 15) is 9.59 Å². The summed E-state index contributed by atoms with van der Waals surface area (Å²) in [6.07, 6.45) is 0. The molecule has 0 unspecified atom stereocenters. The van der Waals surface area contributed by atoms with E-state index in [4.69, 9.17) is 17.3 Å². The first-order valence-electron chi connectivity index (χ1n) is 8.45. The molecule has 2 aromatic rings. The van der Waals surface area contributed by atoms with Crippen molar-refractivity contribution in [2.24, 2.45) is 0 Å². The van der Waals surface area contributed by atoms with E-state index in [2.05, 4.69) is 10.2 Å². The lowest BCUT2D eigenvalue weighted by atomic mass is 10.2. The van der Waals surface area contributed by atoms with Crippen LogP contribution in [0.2, 0.25) is 5.02 Å². The van der Waals surface area contributed by atoms with Crippen LogP contribution in [-0.4, -0.2) is 49.4 Å². The molecule has 3 N–H and O–H groups in total. The number of anilines is 2. The molecule has 0 aliphatic carbocycles. The number of halogens is 1. The van der Waals surface area contributed by atoms with Crippen LogP contribution in [-0.2, 0) is 4.79 Å². The minimum atomic E-state index is -0.282. The van der Waals surface area contributed by atoms with Crippen LogP contribution in [0.3, 0.4) is 0 Å². The molecule has 1 fully saturated rings. The number of rotatable bonds is 4. The van der Waals surface area contributed by atoms with Gasteiger partial charge in [-0.15, -0.1) is 0 Å². The molecule has 0 bridgehead atoms. The first kappa shape index (κ1) is 18.1. The molecule has 0 atom stereocenters. The number of nitrogens with two attached hydrogens (primary N) is 1. The number of amides is 2. The predicted molar refractivity (Wildman–Crippen MR) is 103 cm³/mol. The second-order valence-corrected chi connectivity index (χ2v) is 6.59. The van der Waals surface area contributed by atoms with Crippen molar-refractivity contribution in [3.8, 4) is 0 Å². The summed E-state index contributed by atoms with van der Waals surface area (Å²) in [4.78, 5) is 28.4. The summed E-state index contributed by atoms with van der Waals surface area (Å²) in [5, 5.41) is 3.36. The van der Waals surface area contributed by atoms with Crippen molar-refractivity contribution in [3.63, 3.8) is 0 Å². The molecule has 0 spiro atoms. The average molecular weight is 373 g/mol. The Bertz CT molecular complexity index is 786. The molecule has 7 heteroatoms. The number of piperazine rings is 1. The molecule has 0 radical (unpaired) electrons. The van der Waals surface area contributed by atoms with E-state index < -0.39 is 0 Å². The van der Waals surface area contributed by atoms with E-state index in [1.807, 2.05) is 24.3 Å². The maximum absolute atomic E-state index is 12.3. The Hall–Kier alpha value is -2.73. The summed E-state index contributed by atoms with van der Waals surface area (Å²) >= 11 is 6.03. The largest absolute Gasteiger partial charge is 0.399 e. The Labute approximate surface area is 157 Å². The molecule has 1 aliphatic rings. The Morgan fingerprint density at radius 2 is 1.73 bits per heavy atom. The van der Waals surface area contributed by atoms with Crippen LogP contribution in [0.5, 0.6) is 0 Å². The lowest BCUT2D eigenvalue weighted by Crippen LogP contribution is -2.51. The van der Waals surface area contributed by atoms with Gasteiger partial charge in [-0.2, -0.15) is 0 Å². The van der Waals surface area contributed by atoms with Gasteiger partial charge in [0.05, 0.1) is 6.54 Å². The fourth-order valence-corrected chi connectivity index (χ4v) is 3.08. The van der Waals surface area contributed by atoms with Gasteiger partial charge in [0.2, 0.25) is 5.91 Å². The zero-order valence-electron chi connectivity index (χ0n) is 14.3. The van der Waals surface area contributed by atoms with Crippen LogP contribution in [0.1, 0.15) is 10.4 Å². The van der Waals surface area contributed by atoms with E-state index in [-0.39, 0.29) is 18.4 Å². The smallest absolute Gasteiger partial charge is 0.251 e. The van der Waals surface area contributed by atoms with Crippen molar-refractivity contribution < 1.29 is 9.59 Å². The number of benzene rings is 2. The molecule has 2 amide bonds. The normalized spacial score (nSPS) is 14.2. The maximum atomic E-state index is 12.3. The van der Waals surface area contributed by atoms with Gasteiger partial charge in [0.25, 0.3) is 5.91 Å². The van der Waals surface area contributed by atoms with Gasteiger partial charge in [0, 0.05) is 48.1 Å². The van der Waals surface area contributed by atoms with Crippen molar-refractivity contribution >= 4 is 34.8 Å². The number of hydrogen-bond acceptors (Lipinski definition) is 4. The highest BCUT2D eigenvalue weighted by atomic mass is 35.5. The quantitative estimate of drug-likeness (QED) is 0.804. The third-order valence-electron chi connectivity index (χ3n) is 4.38. The van der Waals surface area contributed by atoms with Gasteiger partial charge >= 0.3 is 0 Å². The highest BCUT2D eigenvalue weighted by Gasteiger charge is 2.21. The van der Waals surface area contributed by atoms with Gasteiger partial charge in [0.15, 0.2) is 0 Å². The number of nitrogens with zero attached hydrogens (tertiary/aromatic N) is 2. The molecule has 136 valence electrons. The van der Waals surface area contributed by atoms with Crippen molar-refractivity contribution in [2.45, 2.75) is 0 Å². The van der Waals surface area contributed by atoms with E-state index in [0.717, 1.165) is 18.8 Å². The van der Waals surface area contributed by atoms with Gasteiger partial charge in [-0.25, -0.2) is 0 Å². The van der Waals surface area contributed by atoms with Crippen LogP contribution in [0.25, 0.3) is 0 Å². The van der Waals surface area contributed by atoms with Gasteiger partial charge < -0.3 is 20.9 Å². The summed E-state index contributed by atoms with van der Waals surface area (Å²) < 4.78 is 0. The molecule has 1 heterocycles. The minimum absolute atomic E-state index is 0.0135. The molecule has 1 saturated heterocycles. The second-order valence-electron chi connectivity index (χ2n) is 6.15. The van der Waals surface area contributed by atoms with Gasteiger partial charge in [-0.3, -0.25) is 9.59 Å². The van der Waals surface area contributed by atoms with E-state index >= 15 is 0 Å². The minimum Gasteiger partial charge on any atom is -0.399 e. The van der Waals surface area contributed by atoms with Crippen molar-refractivity contribution in [1.82, 2.24) is 10.2 Å². The highest BCUT2D eigenvalue weighted by molar-refractivity contribution is 6.30. The fourth-order valence-electron chi connectivity index (χ4n) is 2.89. The number of hydrogen-bond donors (Lipinski definition) is 2. The lowest BCUT2D eigenvalue weighted by molar-refractivity contribution is -0.130. The summed E-state index contributed by atoms with van der Waals surface area (Å²) in [5.41, 5.74) is 7.74. The topological polar surface area (TPSA) is 78.7 Å². The maximum Gasteiger partial charge on any atom is 0.251 e. The van der Waals surface area contributed by atoms with Gasteiger partial charge in [-0.1, -0.05) is 17.7 Å². The number of nitrogens with one attached hydrogen (secondary N) is 1. The zero-order chi connectivity index (χ0) is 18.5. The van der Waals surface area contributed by atoms with Crippen LogP contribution < -0.4 is 16.0 Å². The van der Waals surface area contributed by atoms with Crippen molar-refractivity contribution in [2.75, 3.05) is 43.4 Å². The third-order valence-corrected chi connectivity index (χ3v) is 4.61. The SMILES string of the molecule is Nc1ccc(C(=O)NCC(=O)N2CCN(c3cccc(Cl)c3)CC2)cc1. The fraction of sp³-hybridized carbons (Fsp3) is 0.263. The first-order valence-corrected chi connectivity index (χ1v) is 8.83. The van der Waals surface area contributed by atoms with Crippen LogP contribution in [0.4, 0.5) is 11.4 Å². The molecular weight excluding hydrogens is 352 g/mol. The van der Waals surface area contributed by atoms with Gasteiger partial charge in [-0.05, 0) is 42.5 Å². The molecule has 26 heavy (non-hydrogen) atoms. The van der Waals surface area contributed by atoms with Gasteiger partial charge in [0.1, 0.15) is 0 Å². The van der Waals surface area contributed by atoms with E-state index in [1.54, 1.807) is 29.2 Å². The standard InChI is InChI=1S/C19H21ClN4O2/c20-15-2-1-3-17(12-15)23-8-10-24(11-9-23)18(25)13-22-19(26)14-4-6-16(21)7-5-14/h1-7,12H,8-11,13,21H2,(H,22,26). The Morgan fingerprint density at radius 1 is 1.04 bits per heavy atom. The molecular formula is C19H21ClN4O2. The Morgan fingerprint density at radius 3 is 2.38 bits per heavy atom. The summed E-state index contributed by atoms with van der Waals surface area (Å²) in [5.74, 6) is -0.365. The molecule has 6 nitrogen and oxygen atoms in total. The summed E-state index contributed by atoms with van der Waals surface area (Å²) in [7, 11) is 0. The first-order chi connectivity index (χ1) is 12.5. The van der Waals surface area contributed by atoms with Crippen LogP contribution in [0.15, 0.2) is 48.5 Å². The summed E-state index contributed by atoms with van der Waals surface area (Å²) in [6.45, 7) is 2.68. The third kappa shape index (κ3) is 4.46. The highest BCUT2D eigenvalue weighted by Crippen LogP contribution is 2.20. The Balaban J connectivity index is 1.47. The van der Waals surface area contributed by atoms with Crippen molar-refractivity contribution in [1.29, 1.82) is 0 Å². The van der Waals surface area contributed by atoms with Crippen LogP contribution in [0, 0.1) is 0 Å². The lowest BCUT2D eigenvalue weighted by Gasteiger charge is -2.36. The molecule has 0 saturated carbocycles. The van der Waals surface area contributed by atoms with E-state index in [1.165, 1.54) is 0 Å². The number of carbonyl (C=O) groups is 2. The van der Waals surface area contributed by atoms with Crippen molar-refractivity contribution in [3.05, 3.63) is 59.1 Å². The molecule has 0 aromatic heterocycles. The van der Waals surface area contributed by atoms with Crippen LogP contribution >= 0.6 is 11.6 Å². The average Bonchev–Trinajstić information content (AvgIpc) is 2.66. The summed E-state index contributed by atoms with van der Waals surface area (Å²) in [6, 6.07) is 14.3. The zero-order valence-corrected chi connectivity index (χ0v) is 15.1. The Kier molecular flexibility index (Phi) is 5.63. The number of carbonyl (C=O) groups excluding carboxylic acids is 2. The monoisotopic (exact) mass is 372 g/mol. The van der Waals surface area contributed by atoms with E-state index in [0.29, 0.717) is 29.4 Å². The molecule has 2 aromatic carbocycles. The number of nitrogen functional groups attached to an aromatic ring is 1. The molecule has 1 aliphatic heterocycles. The second kappa shape index (κ2) is 8.10.